The van der Waals surface area contributed by atoms with Gasteiger partial charge in [0.25, 0.3) is 0 Å². The van der Waals surface area contributed by atoms with E-state index in [0.717, 1.165) is 50.6 Å². The molecule has 1 fully saturated rings. The predicted octanol–water partition coefficient (Wildman–Crippen LogP) is 3.64. The Hall–Kier alpha value is -0.960. The first-order valence-electron chi connectivity index (χ1n) is 9.04. The molecule has 1 saturated heterocycles. The summed E-state index contributed by atoms with van der Waals surface area (Å²) in [6, 6.07) is 10.5. The molecule has 7 heteroatoms. The molecule has 0 unspecified atom stereocenters. The molecule has 0 aliphatic carbocycles. The van der Waals surface area contributed by atoms with Crippen LogP contribution < -0.4 is 5.32 Å². The Kier molecular flexibility index (Phi) is 11.8. The Bertz CT molecular complexity index is 549. The smallest absolute Gasteiger partial charge is 0.309 e. The van der Waals surface area contributed by atoms with Gasteiger partial charge in [-0.2, -0.15) is 0 Å². The number of carbonyl (C=O) groups excluding carboxylic acids is 1. The van der Waals surface area contributed by atoms with Crippen molar-refractivity contribution in [1.29, 1.82) is 0 Å². The van der Waals surface area contributed by atoms with Crippen LogP contribution in [0, 0.1) is 5.92 Å². The summed E-state index contributed by atoms with van der Waals surface area (Å²) < 4.78 is 5.13. The lowest BCUT2D eigenvalue weighted by Crippen LogP contribution is -2.47. The van der Waals surface area contributed by atoms with Crippen LogP contribution in [0.2, 0.25) is 0 Å². The third-order valence-electron chi connectivity index (χ3n) is 4.24. The quantitative estimate of drug-likeness (QED) is 0.158. The van der Waals surface area contributed by atoms with Crippen molar-refractivity contribution < 1.29 is 9.53 Å². The lowest BCUT2D eigenvalue weighted by atomic mass is 9.97. The number of benzene rings is 1. The van der Waals surface area contributed by atoms with E-state index in [0.29, 0.717) is 6.61 Å². The first-order chi connectivity index (χ1) is 12.2. The number of carbonyl (C=O) groups is 1. The second kappa shape index (κ2) is 13.2. The molecule has 0 radical (unpaired) electrons. The summed E-state index contributed by atoms with van der Waals surface area (Å²) in [6.45, 7) is 4.92. The number of piperidine rings is 1. The maximum absolute atomic E-state index is 11.8. The summed E-state index contributed by atoms with van der Waals surface area (Å²) in [5, 5.41) is 3.44. The summed E-state index contributed by atoms with van der Waals surface area (Å²) in [4.78, 5) is 19.7. The fourth-order valence-corrected chi connectivity index (χ4v) is 3.77. The van der Waals surface area contributed by atoms with Gasteiger partial charge >= 0.3 is 5.97 Å². The number of aliphatic imine (C=N–C) groups is 1. The highest BCUT2D eigenvalue weighted by Gasteiger charge is 2.27. The Labute approximate surface area is 178 Å². The van der Waals surface area contributed by atoms with Gasteiger partial charge < -0.3 is 15.0 Å². The SMILES string of the molecule is CCOC(=O)C1CCN(C(=NC)NCCCSc2ccccc2)CC1.I. The molecule has 1 N–H and O–H groups in total. The summed E-state index contributed by atoms with van der Waals surface area (Å²) in [6.07, 6.45) is 2.75. The van der Waals surface area contributed by atoms with Gasteiger partial charge in [-0.05, 0) is 44.1 Å². The van der Waals surface area contributed by atoms with Crippen molar-refractivity contribution in [3.8, 4) is 0 Å². The molecule has 26 heavy (non-hydrogen) atoms. The Balaban J connectivity index is 0.00000338. The van der Waals surface area contributed by atoms with Crippen molar-refractivity contribution in [2.24, 2.45) is 10.9 Å². The lowest BCUT2D eigenvalue weighted by molar-refractivity contribution is -0.149. The molecule has 5 nitrogen and oxygen atoms in total. The van der Waals surface area contributed by atoms with Crippen molar-refractivity contribution >= 4 is 47.7 Å². The molecule has 0 amide bonds. The highest BCUT2D eigenvalue weighted by Crippen LogP contribution is 2.19. The number of rotatable bonds is 7. The molecule has 2 rings (SSSR count). The molecule has 146 valence electrons. The summed E-state index contributed by atoms with van der Waals surface area (Å²) >= 11 is 1.88. The molecular formula is C19H30IN3O2S. The maximum Gasteiger partial charge on any atom is 0.309 e. The van der Waals surface area contributed by atoms with Gasteiger partial charge in [-0.1, -0.05) is 18.2 Å². The number of thioether (sulfide) groups is 1. The number of guanidine groups is 1. The van der Waals surface area contributed by atoms with Gasteiger partial charge in [0.2, 0.25) is 0 Å². The highest BCUT2D eigenvalue weighted by molar-refractivity contribution is 14.0. The van der Waals surface area contributed by atoms with Crippen LogP contribution >= 0.6 is 35.7 Å². The number of ether oxygens (including phenoxy) is 1. The minimum Gasteiger partial charge on any atom is -0.466 e. The number of nitrogens with zero attached hydrogens (tertiary/aromatic N) is 2. The lowest BCUT2D eigenvalue weighted by Gasteiger charge is -2.33. The minimum absolute atomic E-state index is 0. The van der Waals surface area contributed by atoms with E-state index >= 15 is 0 Å². The van der Waals surface area contributed by atoms with E-state index in [1.54, 1.807) is 0 Å². The topological polar surface area (TPSA) is 53.9 Å². The van der Waals surface area contributed by atoms with Crippen LogP contribution in [0.3, 0.4) is 0 Å². The van der Waals surface area contributed by atoms with Crippen LogP contribution in [0.5, 0.6) is 0 Å². The number of esters is 1. The minimum atomic E-state index is -0.0527. The van der Waals surface area contributed by atoms with Crippen molar-refractivity contribution in [2.45, 2.75) is 31.1 Å². The van der Waals surface area contributed by atoms with Crippen molar-refractivity contribution in [3.63, 3.8) is 0 Å². The molecule has 1 aromatic carbocycles. The number of likely N-dealkylation sites (tertiary alicyclic amines) is 1. The predicted molar refractivity (Wildman–Crippen MR) is 119 cm³/mol. The van der Waals surface area contributed by atoms with Crippen molar-refractivity contribution in [2.75, 3.05) is 39.0 Å². The zero-order chi connectivity index (χ0) is 17.9. The average molecular weight is 491 g/mol. The van der Waals surface area contributed by atoms with Crippen LogP contribution in [0.1, 0.15) is 26.2 Å². The van der Waals surface area contributed by atoms with E-state index in [4.69, 9.17) is 4.74 Å². The van der Waals surface area contributed by atoms with E-state index in [9.17, 15) is 4.79 Å². The van der Waals surface area contributed by atoms with Crippen LogP contribution in [0.15, 0.2) is 40.2 Å². The van der Waals surface area contributed by atoms with E-state index in [1.807, 2.05) is 31.8 Å². The molecule has 0 spiro atoms. The fourth-order valence-electron chi connectivity index (χ4n) is 2.90. The van der Waals surface area contributed by atoms with E-state index in [2.05, 4.69) is 39.5 Å². The number of halogens is 1. The molecule has 1 aromatic rings. The van der Waals surface area contributed by atoms with Gasteiger partial charge in [-0.3, -0.25) is 9.79 Å². The molecule has 0 saturated carbocycles. The third-order valence-corrected chi connectivity index (χ3v) is 5.34. The van der Waals surface area contributed by atoms with Crippen LogP contribution in [-0.2, 0) is 9.53 Å². The zero-order valence-corrected chi connectivity index (χ0v) is 18.8. The molecule has 0 aromatic heterocycles. The number of hydrogen-bond donors (Lipinski definition) is 1. The normalized spacial score (nSPS) is 15.3. The second-order valence-corrected chi connectivity index (χ2v) is 7.17. The van der Waals surface area contributed by atoms with Crippen molar-refractivity contribution in [1.82, 2.24) is 10.2 Å². The van der Waals surface area contributed by atoms with Crippen LogP contribution in [-0.4, -0.2) is 55.9 Å². The highest BCUT2D eigenvalue weighted by atomic mass is 127. The molecule has 0 bridgehead atoms. The summed E-state index contributed by atoms with van der Waals surface area (Å²) in [7, 11) is 1.82. The third kappa shape index (κ3) is 7.73. The largest absolute Gasteiger partial charge is 0.466 e. The Morgan fingerprint density at radius 1 is 1.31 bits per heavy atom. The Morgan fingerprint density at radius 2 is 2.00 bits per heavy atom. The van der Waals surface area contributed by atoms with Gasteiger partial charge in [0.05, 0.1) is 12.5 Å². The molecule has 1 aliphatic rings. The number of hydrogen-bond acceptors (Lipinski definition) is 4. The standard InChI is InChI=1S/C19H29N3O2S.HI/c1-3-24-18(23)16-10-13-22(14-11-16)19(20-2)21-12-7-15-25-17-8-5-4-6-9-17;/h4-6,8-9,16H,3,7,10-15H2,1-2H3,(H,20,21);1H. The van der Waals surface area contributed by atoms with Gasteiger partial charge in [0.1, 0.15) is 0 Å². The van der Waals surface area contributed by atoms with Crippen LogP contribution in [0.4, 0.5) is 0 Å². The Morgan fingerprint density at radius 3 is 2.62 bits per heavy atom. The van der Waals surface area contributed by atoms with E-state index in [-0.39, 0.29) is 35.9 Å². The van der Waals surface area contributed by atoms with Crippen LogP contribution in [0.25, 0.3) is 0 Å². The maximum atomic E-state index is 11.8. The average Bonchev–Trinajstić information content (AvgIpc) is 2.66. The van der Waals surface area contributed by atoms with Crippen molar-refractivity contribution in [3.05, 3.63) is 30.3 Å². The van der Waals surface area contributed by atoms with E-state index < -0.39 is 0 Å². The molecule has 1 heterocycles. The number of nitrogens with one attached hydrogen (secondary N) is 1. The molecule has 1 aliphatic heterocycles. The summed E-state index contributed by atoms with van der Waals surface area (Å²) in [5.74, 6) is 2.01. The first kappa shape index (κ1) is 23.1. The zero-order valence-electron chi connectivity index (χ0n) is 15.6. The van der Waals surface area contributed by atoms with Gasteiger partial charge in [-0.15, -0.1) is 35.7 Å². The van der Waals surface area contributed by atoms with Gasteiger partial charge in [-0.25, -0.2) is 0 Å². The van der Waals surface area contributed by atoms with Gasteiger partial charge in [0, 0.05) is 31.6 Å². The first-order valence-corrected chi connectivity index (χ1v) is 10.0. The fraction of sp³-hybridized carbons (Fsp3) is 0.579. The molecular weight excluding hydrogens is 461 g/mol. The monoisotopic (exact) mass is 491 g/mol. The van der Waals surface area contributed by atoms with Gasteiger partial charge in [0.15, 0.2) is 5.96 Å². The molecule has 0 atom stereocenters. The van der Waals surface area contributed by atoms with E-state index in [1.165, 1.54) is 4.90 Å². The second-order valence-electron chi connectivity index (χ2n) is 6.00. The summed E-state index contributed by atoms with van der Waals surface area (Å²) in [5.41, 5.74) is 0.